The third-order valence-electron chi connectivity index (χ3n) is 9.25. The minimum Gasteiger partial charge on any atom is -0.867 e. The van der Waals surface area contributed by atoms with Crippen LogP contribution in [-0.2, 0) is 32.1 Å². The first kappa shape index (κ1) is 34.8. The van der Waals surface area contributed by atoms with Gasteiger partial charge in [-0.05, 0) is 89.7 Å². The Morgan fingerprint density at radius 3 is 1.92 bits per heavy atom. The van der Waals surface area contributed by atoms with E-state index in [1.165, 1.54) is 54.6 Å². The molecule has 0 fully saturated rings. The SMILES string of the molecule is CCC(CC)(c1ccc(OS(=O)(=O)c2ccc(O)c3c2C=CC(=[N+]=[N-])C3)cc1)c1ccc(OS(=O)(=O)c2cccc3c([O-])c([N+]#N)ccc23)cc1. The topological polar surface area (TPSA) is 195 Å². The van der Waals surface area contributed by atoms with Crippen molar-refractivity contribution in [1.82, 2.24) is 0 Å². The van der Waals surface area contributed by atoms with Gasteiger partial charge < -0.3 is 24.1 Å². The minimum atomic E-state index is -4.37. The number of fused-ring (bicyclic) bond motifs is 2. The molecule has 1 aliphatic rings. The molecule has 0 heterocycles. The molecular formula is C37H30N4O8S2. The molecule has 0 radical (unpaired) electrons. The largest absolute Gasteiger partial charge is 0.867 e. The molecule has 5 aromatic rings. The van der Waals surface area contributed by atoms with Crippen molar-refractivity contribution in [3.63, 3.8) is 0 Å². The molecule has 12 nitrogen and oxygen atoms in total. The average molecular weight is 723 g/mol. The predicted molar refractivity (Wildman–Crippen MR) is 187 cm³/mol. The molecule has 0 aromatic heterocycles. The summed E-state index contributed by atoms with van der Waals surface area (Å²) < 4.78 is 64.4. The number of phenolic OH excluding ortho intramolecular Hbond substituents is 1. The van der Waals surface area contributed by atoms with E-state index in [0.717, 1.165) is 11.1 Å². The van der Waals surface area contributed by atoms with E-state index in [4.69, 9.17) is 19.3 Å². The summed E-state index contributed by atoms with van der Waals surface area (Å²) in [4.78, 5) is 5.75. The van der Waals surface area contributed by atoms with Crippen LogP contribution in [0.25, 0.3) is 27.4 Å². The van der Waals surface area contributed by atoms with Crippen molar-refractivity contribution in [3.8, 4) is 23.0 Å². The number of nitrogens with zero attached hydrogens (tertiary/aromatic N) is 4. The number of aromatic hydroxyl groups is 1. The molecule has 1 N–H and O–H groups in total. The molecule has 0 atom stereocenters. The lowest BCUT2D eigenvalue weighted by Gasteiger charge is -2.33. The van der Waals surface area contributed by atoms with Gasteiger partial charge in [-0.2, -0.15) is 21.6 Å². The first-order chi connectivity index (χ1) is 24.4. The first-order valence-electron chi connectivity index (χ1n) is 15.8. The zero-order valence-electron chi connectivity index (χ0n) is 27.3. The number of diazo groups is 1. The number of phenols is 1. The molecule has 1 aliphatic carbocycles. The van der Waals surface area contributed by atoms with Crippen LogP contribution in [0, 0.1) is 5.39 Å². The monoisotopic (exact) mass is 722 g/mol. The van der Waals surface area contributed by atoms with Crippen LogP contribution in [0.15, 0.2) is 107 Å². The van der Waals surface area contributed by atoms with E-state index in [1.54, 1.807) is 48.5 Å². The average Bonchev–Trinajstić information content (AvgIpc) is 3.13. The first-order valence-corrected chi connectivity index (χ1v) is 18.6. The van der Waals surface area contributed by atoms with Crippen LogP contribution in [0.3, 0.4) is 0 Å². The molecule has 0 amide bonds. The molecule has 6 rings (SSSR count). The fourth-order valence-electron chi connectivity index (χ4n) is 6.53. The van der Waals surface area contributed by atoms with Gasteiger partial charge in [-0.15, -0.1) is 0 Å². The molecule has 5 aromatic carbocycles. The molecule has 258 valence electrons. The van der Waals surface area contributed by atoms with Crippen LogP contribution in [-0.4, -0.2) is 32.4 Å². The Kier molecular flexibility index (Phi) is 9.14. The Morgan fingerprint density at radius 2 is 1.37 bits per heavy atom. The van der Waals surface area contributed by atoms with Gasteiger partial charge in [0.15, 0.2) is 4.98 Å². The fourth-order valence-corrected chi connectivity index (χ4v) is 8.82. The standard InChI is InChI=1S/C37H30N4O8S2/c1-3-37(4-2,23-8-13-26(14-9-23)48-50(44,45)34-7-5-6-30-28(34)18-19-32(41-39)36(30)43)24-10-15-27(16-11-24)49-51(46,47)35-21-20-33(42)31-22-25(40-38)12-17-29(31)35/h5-21H,3-4,22H2,1-2H3,(H-,42,43). The zero-order valence-corrected chi connectivity index (χ0v) is 29.0. The molecule has 0 bridgehead atoms. The van der Waals surface area contributed by atoms with E-state index >= 15 is 0 Å². The predicted octanol–water partition coefficient (Wildman–Crippen LogP) is 6.99. The number of hydrogen-bond donors (Lipinski definition) is 1. The summed E-state index contributed by atoms with van der Waals surface area (Å²) in [5, 5.41) is 32.2. The van der Waals surface area contributed by atoms with Gasteiger partial charge in [-0.1, -0.05) is 50.2 Å². The molecule has 0 spiro atoms. The Hall–Kier alpha value is -6.00. The molecule has 14 heteroatoms. The van der Waals surface area contributed by atoms with Crippen molar-refractivity contribution in [2.24, 2.45) is 0 Å². The van der Waals surface area contributed by atoms with Crippen molar-refractivity contribution in [3.05, 3.63) is 130 Å². The van der Waals surface area contributed by atoms with Crippen LogP contribution < -0.4 is 13.5 Å². The lowest BCUT2D eigenvalue weighted by atomic mass is 9.70. The number of allylic oxidation sites excluding steroid dienone is 1. The van der Waals surface area contributed by atoms with Gasteiger partial charge in [-0.3, -0.25) is 0 Å². The van der Waals surface area contributed by atoms with Crippen molar-refractivity contribution >= 4 is 48.5 Å². The van der Waals surface area contributed by atoms with Crippen molar-refractivity contribution in [1.29, 1.82) is 5.39 Å². The fraction of sp³-hybridized carbons (Fsp3) is 0.162. The molecule has 0 aliphatic heterocycles. The van der Waals surface area contributed by atoms with Gasteiger partial charge in [0.05, 0.1) is 6.42 Å². The quantitative estimate of drug-likeness (QED) is 0.0684. The van der Waals surface area contributed by atoms with E-state index < -0.39 is 31.4 Å². The third kappa shape index (κ3) is 6.30. The minimum absolute atomic E-state index is 0.0444. The maximum atomic E-state index is 13.4. The summed E-state index contributed by atoms with van der Waals surface area (Å²) in [7, 11) is -8.69. The molecule has 0 saturated carbocycles. The maximum absolute atomic E-state index is 13.4. The van der Waals surface area contributed by atoms with Crippen LogP contribution >= 0.6 is 0 Å². The van der Waals surface area contributed by atoms with Crippen LogP contribution in [0.4, 0.5) is 5.69 Å². The van der Waals surface area contributed by atoms with Gasteiger partial charge in [0.1, 0.15) is 27.0 Å². The molecule has 0 unspecified atom stereocenters. The maximum Gasteiger partial charge on any atom is 0.378 e. The summed E-state index contributed by atoms with van der Waals surface area (Å²) >= 11 is 0. The number of rotatable bonds is 10. The Balaban J connectivity index is 1.24. The highest BCUT2D eigenvalue weighted by Gasteiger charge is 2.32. The van der Waals surface area contributed by atoms with Gasteiger partial charge in [0, 0.05) is 34.1 Å². The summed E-state index contributed by atoms with van der Waals surface area (Å²) in [5.41, 5.74) is 10.9. The second-order valence-electron chi connectivity index (χ2n) is 11.9. The van der Waals surface area contributed by atoms with E-state index in [9.17, 15) is 27.0 Å². The van der Waals surface area contributed by atoms with E-state index in [-0.39, 0.29) is 61.2 Å². The third-order valence-corrected chi connectivity index (χ3v) is 11.9. The molecule has 0 saturated heterocycles. The van der Waals surface area contributed by atoms with Crippen LogP contribution in [0.5, 0.6) is 23.0 Å². The van der Waals surface area contributed by atoms with Crippen LogP contribution in [0.1, 0.15) is 48.9 Å². The number of benzene rings is 5. The van der Waals surface area contributed by atoms with Crippen molar-refractivity contribution in [2.75, 3.05) is 0 Å². The van der Waals surface area contributed by atoms with Crippen molar-refractivity contribution in [2.45, 2.75) is 48.3 Å². The second-order valence-corrected chi connectivity index (χ2v) is 14.9. The van der Waals surface area contributed by atoms with Gasteiger partial charge in [0.25, 0.3) is 5.71 Å². The Labute approximate surface area is 294 Å². The smallest absolute Gasteiger partial charge is 0.378 e. The van der Waals surface area contributed by atoms with Gasteiger partial charge >= 0.3 is 25.9 Å². The zero-order chi connectivity index (χ0) is 36.6. The van der Waals surface area contributed by atoms with E-state index in [0.29, 0.717) is 18.4 Å². The molecular weight excluding hydrogens is 693 g/mol. The second kappa shape index (κ2) is 13.4. The Bertz CT molecular complexity index is 2530. The summed E-state index contributed by atoms with van der Waals surface area (Å²) in [6.07, 6.45) is 4.27. The summed E-state index contributed by atoms with van der Waals surface area (Å²) in [6, 6.07) is 22.6. The number of hydrogen-bond acceptors (Lipinski definition) is 9. The summed E-state index contributed by atoms with van der Waals surface area (Å²) in [6.45, 7) is 4.03. The lowest BCUT2D eigenvalue weighted by molar-refractivity contribution is -0.264. The highest BCUT2D eigenvalue weighted by atomic mass is 32.2. The Morgan fingerprint density at radius 1 is 0.784 bits per heavy atom. The van der Waals surface area contributed by atoms with E-state index in [2.05, 4.69) is 9.77 Å². The lowest BCUT2D eigenvalue weighted by Crippen LogP contribution is -2.26. The van der Waals surface area contributed by atoms with E-state index in [1.807, 2.05) is 13.8 Å². The van der Waals surface area contributed by atoms with Crippen molar-refractivity contribution < 1.29 is 40.2 Å². The highest BCUT2D eigenvalue weighted by molar-refractivity contribution is 7.87. The van der Waals surface area contributed by atoms with Crippen LogP contribution in [0.2, 0.25) is 0 Å². The summed E-state index contributed by atoms with van der Waals surface area (Å²) in [5.74, 6) is -0.613. The highest BCUT2D eigenvalue weighted by Crippen LogP contribution is 2.41. The van der Waals surface area contributed by atoms with Gasteiger partial charge in [-0.25, -0.2) is 0 Å². The normalized spacial score (nSPS) is 12.9. The molecule has 51 heavy (non-hydrogen) atoms. The van der Waals surface area contributed by atoms with Gasteiger partial charge in [0.2, 0.25) is 5.39 Å².